The number of hydrogen-bond acceptors (Lipinski definition) is 6. The minimum atomic E-state index is -0.480. The monoisotopic (exact) mass is 357 g/mol. The highest BCUT2D eigenvalue weighted by molar-refractivity contribution is 8.01. The fraction of sp³-hybridized carbons (Fsp3) is 0.812. The Labute approximate surface area is 147 Å². The third-order valence-electron chi connectivity index (χ3n) is 3.85. The number of amides is 1. The van der Waals surface area contributed by atoms with Gasteiger partial charge in [0.05, 0.1) is 4.75 Å². The van der Waals surface area contributed by atoms with E-state index in [1.165, 1.54) is 11.3 Å². The first-order valence-electron chi connectivity index (χ1n) is 8.05. The number of nitrogens with one attached hydrogen (secondary N) is 1. The normalized spacial score (nSPS) is 17.3. The van der Waals surface area contributed by atoms with E-state index in [2.05, 4.69) is 36.3 Å². The number of rotatable bonds is 5. The van der Waals surface area contributed by atoms with Crippen LogP contribution in [0.25, 0.3) is 0 Å². The molecule has 0 aliphatic carbocycles. The summed E-state index contributed by atoms with van der Waals surface area (Å²) in [6.07, 6.45) is 2.19. The maximum atomic E-state index is 12.5. The van der Waals surface area contributed by atoms with Gasteiger partial charge >= 0.3 is 0 Å². The number of anilines is 1. The van der Waals surface area contributed by atoms with Crippen LogP contribution in [-0.2, 0) is 14.9 Å². The van der Waals surface area contributed by atoms with Gasteiger partial charge in [-0.05, 0) is 38.4 Å². The molecule has 1 aliphatic rings. The first-order valence-corrected chi connectivity index (χ1v) is 9.86. The Kier molecular flexibility index (Phi) is 6.08. The molecule has 23 heavy (non-hydrogen) atoms. The molecule has 1 aromatic heterocycles. The quantitative estimate of drug-likeness (QED) is 0.870. The molecule has 0 aromatic carbocycles. The number of nitrogens with zero attached hydrogens (tertiary/aromatic N) is 2. The predicted molar refractivity (Wildman–Crippen MR) is 97.3 cm³/mol. The van der Waals surface area contributed by atoms with Gasteiger partial charge in [-0.1, -0.05) is 32.1 Å². The highest BCUT2D eigenvalue weighted by Crippen LogP contribution is 2.32. The smallest absolute Gasteiger partial charge is 0.241 e. The molecular weight excluding hydrogens is 330 g/mol. The number of carbonyl (C=O) groups is 1. The predicted octanol–water partition coefficient (Wildman–Crippen LogP) is 3.71. The summed E-state index contributed by atoms with van der Waals surface area (Å²) in [7, 11) is 0. The van der Waals surface area contributed by atoms with E-state index in [4.69, 9.17) is 4.74 Å². The van der Waals surface area contributed by atoms with Gasteiger partial charge in [0, 0.05) is 18.6 Å². The van der Waals surface area contributed by atoms with Gasteiger partial charge in [-0.2, -0.15) is 0 Å². The molecule has 5 nitrogen and oxygen atoms in total. The van der Waals surface area contributed by atoms with Gasteiger partial charge in [-0.25, -0.2) is 0 Å². The molecule has 0 radical (unpaired) electrons. The second-order valence-electron chi connectivity index (χ2n) is 7.49. The fourth-order valence-corrected chi connectivity index (χ4v) is 4.09. The molecule has 0 atom stereocenters. The minimum Gasteiger partial charge on any atom is -0.381 e. The lowest BCUT2D eigenvalue weighted by Gasteiger charge is -2.27. The van der Waals surface area contributed by atoms with Crippen LogP contribution in [0.3, 0.4) is 0 Å². The van der Waals surface area contributed by atoms with E-state index >= 15 is 0 Å². The van der Waals surface area contributed by atoms with Gasteiger partial charge in [0.2, 0.25) is 11.0 Å². The van der Waals surface area contributed by atoms with E-state index in [1.54, 1.807) is 11.8 Å². The Morgan fingerprint density at radius 1 is 1.26 bits per heavy atom. The van der Waals surface area contributed by atoms with Crippen LogP contribution < -0.4 is 5.32 Å². The van der Waals surface area contributed by atoms with Crippen LogP contribution in [0.15, 0.2) is 0 Å². The number of thioether (sulfide) groups is 1. The van der Waals surface area contributed by atoms with E-state index in [-0.39, 0.29) is 11.3 Å². The molecule has 130 valence electrons. The van der Waals surface area contributed by atoms with E-state index < -0.39 is 4.75 Å². The molecular formula is C16H27N3O2S2. The van der Waals surface area contributed by atoms with Crippen molar-refractivity contribution in [2.75, 3.05) is 24.3 Å². The topological polar surface area (TPSA) is 64.1 Å². The molecule has 1 amide bonds. The maximum absolute atomic E-state index is 12.5. The Morgan fingerprint density at radius 3 is 2.48 bits per heavy atom. The lowest BCUT2D eigenvalue weighted by molar-refractivity contribution is -0.117. The zero-order chi connectivity index (χ0) is 17.1. The largest absolute Gasteiger partial charge is 0.381 e. The summed E-state index contributed by atoms with van der Waals surface area (Å²) in [6, 6.07) is 0. The van der Waals surface area contributed by atoms with Gasteiger partial charge in [-0.15, -0.1) is 22.0 Å². The molecule has 2 heterocycles. The highest BCUT2D eigenvalue weighted by atomic mass is 32.2. The van der Waals surface area contributed by atoms with Crippen molar-refractivity contribution in [3.8, 4) is 0 Å². The molecule has 1 fully saturated rings. The van der Waals surface area contributed by atoms with Gasteiger partial charge in [0.25, 0.3) is 0 Å². The molecule has 7 heteroatoms. The molecule has 1 aromatic rings. The molecule has 1 aliphatic heterocycles. The van der Waals surface area contributed by atoms with Crippen molar-refractivity contribution in [1.82, 2.24) is 10.2 Å². The summed E-state index contributed by atoms with van der Waals surface area (Å²) in [5, 5.41) is 12.7. The maximum Gasteiger partial charge on any atom is 0.241 e. The van der Waals surface area contributed by atoms with Crippen molar-refractivity contribution in [3.05, 3.63) is 5.01 Å². The van der Waals surface area contributed by atoms with E-state index in [0.717, 1.165) is 36.8 Å². The second-order valence-corrected chi connectivity index (χ2v) is 10.1. The summed E-state index contributed by atoms with van der Waals surface area (Å²) in [5.41, 5.74) is -0.0477. The molecule has 0 unspecified atom stereocenters. The molecule has 2 rings (SSSR count). The molecule has 0 saturated carbocycles. The fourth-order valence-electron chi connectivity index (χ4n) is 2.13. The van der Waals surface area contributed by atoms with Crippen molar-refractivity contribution in [1.29, 1.82) is 0 Å². The van der Waals surface area contributed by atoms with Gasteiger partial charge in [-0.3, -0.25) is 10.1 Å². The van der Waals surface area contributed by atoms with Gasteiger partial charge in [0.1, 0.15) is 5.01 Å². The van der Waals surface area contributed by atoms with Gasteiger partial charge in [0.15, 0.2) is 0 Å². The third kappa shape index (κ3) is 5.43. The summed E-state index contributed by atoms with van der Waals surface area (Å²) in [5.74, 6) is 1.63. The average Bonchev–Trinajstić information content (AvgIpc) is 2.95. The first kappa shape index (κ1) is 18.7. The SMILES string of the molecule is CC(C)(SCC1CCOCC1)C(=O)Nc1nnc(C(C)(C)C)s1. The second kappa shape index (κ2) is 7.49. The number of carbonyl (C=O) groups excluding carboxylic acids is 1. The lowest BCUT2D eigenvalue weighted by Crippen LogP contribution is -2.35. The van der Waals surface area contributed by atoms with Crippen molar-refractivity contribution >= 4 is 34.1 Å². The Morgan fingerprint density at radius 2 is 1.91 bits per heavy atom. The highest BCUT2D eigenvalue weighted by Gasteiger charge is 2.31. The number of ether oxygens (including phenoxy) is 1. The summed E-state index contributed by atoms with van der Waals surface area (Å²) in [4.78, 5) is 12.5. The number of aromatic nitrogens is 2. The molecule has 1 saturated heterocycles. The van der Waals surface area contributed by atoms with Crippen LogP contribution in [0.2, 0.25) is 0 Å². The van der Waals surface area contributed by atoms with Crippen molar-refractivity contribution in [2.24, 2.45) is 5.92 Å². The third-order valence-corrected chi connectivity index (χ3v) is 6.66. The van der Waals surface area contributed by atoms with Crippen LogP contribution in [0, 0.1) is 5.92 Å². The molecule has 0 spiro atoms. The lowest BCUT2D eigenvalue weighted by atomic mass is 9.98. The Bertz CT molecular complexity index is 532. The average molecular weight is 358 g/mol. The zero-order valence-corrected chi connectivity index (χ0v) is 16.3. The zero-order valence-electron chi connectivity index (χ0n) is 14.6. The summed E-state index contributed by atoms with van der Waals surface area (Å²) < 4.78 is 4.91. The summed E-state index contributed by atoms with van der Waals surface area (Å²) >= 11 is 3.16. The standard InChI is InChI=1S/C16H27N3O2S2/c1-15(2,3)13-18-19-14(23-13)17-12(20)16(4,5)22-10-11-6-8-21-9-7-11/h11H,6-10H2,1-5H3,(H,17,19,20). The molecule has 0 bridgehead atoms. The van der Waals surface area contributed by atoms with Gasteiger partial charge < -0.3 is 4.74 Å². The minimum absolute atomic E-state index is 0.00818. The van der Waals surface area contributed by atoms with Crippen molar-refractivity contribution < 1.29 is 9.53 Å². The molecule has 1 N–H and O–H groups in total. The van der Waals surface area contributed by atoms with E-state index in [1.807, 2.05) is 13.8 Å². The van der Waals surface area contributed by atoms with E-state index in [9.17, 15) is 4.79 Å². The van der Waals surface area contributed by atoms with Crippen LogP contribution in [0.5, 0.6) is 0 Å². The van der Waals surface area contributed by atoms with Crippen molar-refractivity contribution in [2.45, 2.75) is 57.6 Å². The van der Waals surface area contributed by atoms with Crippen LogP contribution in [0.1, 0.15) is 52.5 Å². The number of hydrogen-bond donors (Lipinski definition) is 1. The Hall–Kier alpha value is -0.660. The van der Waals surface area contributed by atoms with Crippen LogP contribution in [-0.4, -0.2) is 39.8 Å². The van der Waals surface area contributed by atoms with Crippen LogP contribution in [0.4, 0.5) is 5.13 Å². The van der Waals surface area contributed by atoms with Crippen molar-refractivity contribution in [3.63, 3.8) is 0 Å². The first-order chi connectivity index (χ1) is 10.7. The van der Waals surface area contributed by atoms with E-state index in [0.29, 0.717) is 11.0 Å². The summed E-state index contributed by atoms with van der Waals surface area (Å²) in [6.45, 7) is 11.9. The van der Waals surface area contributed by atoms with Crippen LogP contribution >= 0.6 is 23.1 Å². The Balaban J connectivity index is 1.88.